The van der Waals surface area contributed by atoms with E-state index in [4.69, 9.17) is 9.97 Å². The van der Waals surface area contributed by atoms with Gasteiger partial charge in [0.15, 0.2) is 5.82 Å². The molecule has 0 bridgehead atoms. The third-order valence-electron chi connectivity index (χ3n) is 9.58. The number of aromatic nitrogens is 2. The molecule has 7 aromatic carbocycles. The summed E-state index contributed by atoms with van der Waals surface area (Å²) in [6.07, 6.45) is 0. The van der Waals surface area contributed by atoms with Gasteiger partial charge in [0.2, 0.25) is 0 Å². The number of hydrogen-bond acceptors (Lipinski definition) is 2. The topological polar surface area (TPSA) is 25.8 Å². The van der Waals surface area contributed by atoms with Gasteiger partial charge in [0.1, 0.15) is 0 Å². The molecule has 9 rings (SSSR count). The summed E-state index contributed by atoms with van der Waals surface area (Å²) in [7, 11) is 0. The molecule has 212 valence electrons. The van der Waals surface area contributed by atoms with Gasteiger partial charge in [0, 0.05) is 22.1 Å². The third-order valence-corrected chi connectivity index (χ3v) is 9.58. The Morgan fingerprint density at radius 2 is 1.02 bits per heavy atom. The fraction of sp³-hybridized carbons (Fsp3) is 0.0698. The van der Waals surface area contributed by atoms with Crippen LogP contribution in [0.1, 0.15) is 25.1 Å². The largest absolute Gasteiger partial charge is 0.231 e. The molecule has 0 N–H and O–H groups in total. The van der Waals surface area contributed by atoms with Crippen LogP contribution >= 0.6 is 0 Å². The lowest BCUT2D eigenvalue weighted by atomic mass is 9.81. The van der Waals surface area contributed by atoms with E-state index in [1.54, 1.807) is 0 Å². The molecule has 0 saturated heterocycles. The van der Waals surface area contributed by atoms with Gasteiger partial charge in [-0.1, -0.05) is 153 Å². The molecular formula is C43H30N2. The number of hydrogen-bond donors (Lipinski definition) is 0. The van der Waals surface area contributed by atoms with Crippen molar-refractivity contribution >= 4 is 32.3 Å². The predicted molar refractivity (Wildman–Crippen MR) is 188 cm³/mol. The minimum absolute atomic E-state index is 0.345. The molecule has 0 unspecified atom stereocenters. The summed E-state index contributed by atoms with van der Waals surface area (Å²) in [5, 5.41) is 7.48. The molecule has 1 aromatic heterocycles. The van der Waals surface area contributed by atoms with Crippen molar-refractivity contribution in [1.82, 2.24) is 9.97 Å². The van der Waals surface area contributed by atoms with E-state index in [0.717, 1.165) is 39.5 Å². The maximum Gasteiger partial charge on any atom is 0.160 e. The Morgan fingerprint density at radius 1 is 0.444 bits per heavy atom. The van der Waals surface area contributed by atoms with Crippen LogP contribution in [0.2, 0.25) is 0 Å². The van der Waals surface area contributed by atoms with E-state index in [0.29, 0.717) is 0 Å². The molecule has 2 heteroatoms. The highest BCUT2D eigenvalue weighted by Gasteiger charge is 2.42. The summed E-state index contributed by atoms with van der Waals surface area (Å²) < 4.78 is 0. The zero-order chi connectivity index (χ0) is 30.1. The van der Waals surface area contributed by atoms with Crippen LogP contribution < -0.4 is 0 Å². The molecular weight excluding hydrogens is 544 g/mol. The highest BCUT2D eigenvalue weighted by Crippen LogP contribution is 2.56. The van der Waals surface area contributed by atoms with Gasteiger partial charge >= 0.3 is 0 Å². The van der Waals surface area contributed by atoms with Gasteiger partial charge in [0.25, 0.3) is 0 Å². The van der Waals surface area contributed by atoms with Crippen molar-refractivity contribution in [3.05, 3.63) is 157 Å². The SMILES string of the molecule is CC1(C)c2nc(-c3cccc(-c4ccccc4)c3)nc(-c3cccc4ccccc34)c2-c2c1c1ccccc1c1ccccc21. The van der Waals surface area contributed by atoms with E-state index in [1.165, 1.54) is 49.0 Å². The summed E-state index contributed by atoms with van der Waals surface area (Å²) in [5.41, 5.74) is 9.95. The van der Waals surface area contributed by atoms with Gasteiger partial charge in [-0.05, 0) is 60.6 Å². The zero-order valence-corrected chi connectivity index (χ0v) is 25.3. The molecule has 0 fully saturated rings. The lowest BCUT2D eigenvalue weighted by Crippen LogP contribution is -2.18. The van der Waals surface area contributed by atoms with Crippen LogP contribution in [0, 0.1) is 0 Å². The average molecular weight is 575 g/mol. The fourth-order valence-corrected chi connectivity index (χ4v) is 7.54. The number of rotatable bonds is 3. The Labute approximate surface area is 262 Å². The second kappa shape index (κ2) is 9.70. The summed E-state index contributed by atoms with van der Waals surface area (Å²) in [6, 6.07) is 52.1. The van der Waals surface area contributed by atoms with Crippen LogP contribution in [-0.4, -0.2) is 9.97 Å². The number of nitrogens with zero attached hydrogens (tertiary/aromatic N) is 2. The number of benzene rings is 7. The first-order valence-corrected chi connectivity index (χ1v) is 15.6. The fourth-order valence-electron chi connectivity index (χ4n) is 7.54. The second-order valence-corrected chi connectivity index (χ2v) is 12.6. The van der Waals surface area contributed by atoms with Crippen LogP contribution in [0.4, 0.5) is 0 Å². The van der Waals surface area contributed by atoms with E-state index >= 15 is 0 Å². The quantitative estimate of drug-likeness (QED) is 0.196. The molecule has 8 aromatic rings. The van der Waals surface area contributed by atoms with E-state index in [2.05, 4.69) is 159 Å². The van der Waals surface area contributed by atoms with Crippen molar-refractivity contribution in [2.24, 2.45) is 0 Å². The molecule has 0 aliphatic heterocycles. The minimum Gasteiger partial charge on any atom is -0.231 e. The maximum absolute atomic E-state index is 5.51. The Kier molecular flexibility index (Phi) is 5.58. The highest BCUT2D eigenvalue weighted by molar-refractivity contribution is 6.19. The molecule has 1 heterocycles. The normalized spacial score (nSPS) is 13.3. The summed E-state index contributed by atoms with van der Waals surface area (Å²) in [5.74, 6) is 0.754. The summed E-state index contributed by atoms with van der Waals surface area (Å²) >= 11 is 0. The van der Waals surface area contributed by atoms with Crippen LogP contribution in [0.15, 0.2) is 146 Å². The molecule has 1 aliphatic carbocycles. The molecule has 0 atom stereocenters. The van der Waals surface area contributed by atoms with Gasteiger partial charge in [0.05, 0.1) is 11.4 Å². The molecule has 0 amide bonds. The standard InChI is InChI=1S/C43H30N2/c1-43(2)39-35-24-11-9-22-33(35)32-21-8-10-23-34(32)37(39)38-40(36-25-13-17-28-16-6-7-20-31(28)36)44-42(45-41(38)43)30-19-12-18-29(26-30)27-14-4-3-5-15-27/h3-26H,1-2H3. The van der Waals surface area contributed by atoms with Crippen LogP contribution in [0.3, 0.4) is 0 Å². The van der Waals surface area contributed by atoms with Crippen LogP contribution in [-0.2, 0) is 5.41 Å². The lowest BCUT2D eigenvalue weighted by Gasteiger charge is -2.23. The average Bonchev–Trinajstić information content (AvgIpc) is 3.35. The summed E-state index contributed by atoms with van der Waals surface area (Å²) in [4.78, 5) is 11.0. The van der Waals surface area contributed by atoms with E-state index < -0.39 is 0 Å². The van der Waals surface area contributed by atoms with Crippen molar-refractivity contribution in [2.75, 3.05) is 0 Å². The van der Waals surface area contributed by atoms with Gasteiger partial charge in [-0.2, -0.15) is 0 Å². The first-order chi connectivity index (χ1) is 22.1. The van der Waals surface area contributed by atoms with Crippen molar-refractivity contribution < 1.29 is 0 Å². The van der Waals surface area contributed by atoms with Crippen molar-refractivity contribution in [3.8, 4) is 44.9 Å². The van der Waals surface area contributed by atoms with E-state index in [-0.39, 0.29) is 5.41 Å². The second-order valence-electron chi connectivity index (χ2n) is 12.6. The van der Waals surface area contributed by atoms with E-state index in [9.17, 15) is 0 Å². The minimum atomic E-state index is -0.345. The van der Waals surface area contributed by atoms with Gasteiger partial charge in [-0.25, -0.2) is 9.97 Å². The Bertz CT molecular complexity index is 2450. The smallest absolute Gasteiger partial charge is 0.160 e. The predicted octanol–water partition coefficient (Wildman–Crippen LogP) is 11.2. The Morgan fingerprint density at radius 3 is 1.82 bits per heavy atom. The Balaban J connectivity index is 1.42. The van der Waals surface area contributed by atoms with Crippen molar-refractivity contribution in [1.29, 1.82) is 0 Å². The molecule has 45 heavy (non-hydrogen) atoms. The van der Waals surface area contributed by atoms with Crippen molar-refractivity contribution in [3.63, 3.8) is 0 Å². The van der Waals surface area contributed by atoms with E-state index in [1.807, 2.05) is 0 Å². The maximum atomic E-state index is 5.51. The molecule has 2 nitrogen and oxygen atoms in total. The van der Waals surface area contributed by atoms with Gasteiger partial charge in [-0.3, -0.25) is 0 Å². The first kappa shape index (κ1) is 25.9. The van der Waals surface area contributed by atoms with Crippen LogP contribution in [0.25, 0.3) is 77.2 Å². The number of fused-ring (bicyclic) bond motifs is 9. The van der Waals surface area contributed by atoms with Gasteiger partial charge in [-0.15, -0.1) is 0 Å². The lowest BCUT2D eigenvalue weighted by molar-refractivity contribution is 0.641. The zero-order valence-electron chi connectivity index (χ0n) is 25.3. The molecule has 0 saturated carbocycles. The molecule has 0 spiro atoms. The third kappa shape index (κ3) is 3.82. The Hall–Kier alpha value is -5.60. The molecule has 1 aliphatic rings. The monoisotopic (exact) mass is 574 g/mol. The van der Waals surface area contributed by atoms with Crippen molar-refractivity contribution in [2.45, 2.75) is 19.3 Å². The van der Waals surface area contributed by atoms with Crippen LogP contribution in [0.5, 0.6) is 0 Å². The first-order valence-electron chi connectivity index (χ1n) is 15.6. The molecule has 0 radical (unpaired) electrons. The summed E-state index contributed by atoms with van der Waals surface area (Å²) in [6.45, 7) is 4.67. The highest BCUT2D eigenvalue weighted by atomic mass is 14.9. The van der Waals surface area contributed by atoms with Gasteiger partial charge < -0.3 is 0 Å².